The van der Waals surface area contributed by atoms with Gasteiger partial charge in [0.15, 0.2) is 5.13 Å². The third-order valence-corrected chi connectivity index (χ3v) is 2.47. The molecule has 2 nitrogen and oxygen atoms in total. The topological polar surface area (TPSA) is 24.9 Å². The van der Waals surface area contributed by atoms with E-state index in [1.165, 1.54) is 0 Å². The molecule has 1 aromatic heterocycles. The van der Waals surface area contributed by atoms with E-state index in [9.17, 15) is 0 Å². The zero-order valence-corrected chi connectivity index (χ0v) is 8.87. The summed E-state index contributed by atoms with van der Waals surface area (Å²) in [7, 11) is 0. The maximum atomic E-state index is 4.39. The van der Waals surface area contributed by atoms with Crippen molar-refractivity contribution in [3.8, 4) is 11.8 Å². The van der Waals surface area contributed by atoms with Gasteiger partial charge in [-0.05, 0) is 13.3 Å². The fourth-order valence-corrected chi connectivity index (χ4v) is 1.73. The van der Waals surface area contributed by atoms with Gasteiger partial charge in [0.1, 0.15) is 0 Å². The number of hydrogen-bond acceptors (Lipinski definition) is 3. The lowest BCUT2D eigenvalue weighted by Crippen LogP contribution is -1.99. The minimum absolute atomic E-state index is 0.886. The molecule has 0 atom stereocenters. The summed E-state index contributed by atoms with van der Waals surface area (Å²) in [4.78, 5) is 4.39. The van der Waals surface area contributed by atoms with Crippen LogP contribution in [0.5, 0.6) is 0 Å². The first-order chi connectivity index (χ1) is 6.36. The van der Waals surface area contributed by atoms with Crippen molar-refractivity contribution in [2.24, 2.45) is 0 Å². The Morgan fingerprint density at radius 3 is 3.08 bits per heavy atom. The van der Waals surface area contributed by atoms with Crippen LogP contribution in [0, 0.1) is 11.8 Å². The van der Waals surface area contributed by atoms with Crippen LogP contribution in [0.15, 0.2) is 5.38 Å². The van der Waals surface area contributed by atoms with Crippen LogP contribution in [0.3, 0.4) is 0 Å². The molecule has 0 bridgehead atoms. The van der Waals surface area contributed by atoms with Crippen molar-refractivity contribution < 1.29 is 0 Å². The Morgan fingerprint density at radius 1 is 1.62 bits per heavy atom. The summed E-state index contributed by atoms with van der Waals surface area (Å²) < 4.78 is 0. The molecule has 3 heteroatoms. The van der Waals surface area contributed by atoms with E-state index in [0.29, 0.717) is 0 Å². The van der Waals surface area contributed by atoms with Gasteiger partial charge in [-0.15, -0.1) is 23.2 Å². The molecular weight excluding hydrogens is 180 g/mol. The van der Waals surface area contributed by atoms with Gasteiger partial charge in [0.2, 0.25) is 0 Å². The zero-order chi connectivity index (χ0) is 9.52. The molecule has 1 rings (SSSR count). The molecule has 13 heavy (non-hydrogen) atoms. The van der Waals surface area contributed by atoms with Crippen LogP contribution in [0.25, 0.3) is 0 Å². The number of thiazole rings is 1. The van der Waals surface area contributed by atoms with Crippen LogP contribution < -0.4 is 5.32 Å². The van der Waals surface area contributed by atoms with E-state index in [1.807, 2.05) is 6.92 Å². The van der Waals surface area contributed by atoms with Gasteiger partial charge in [0, 0.05) is 18.3 Å². The Kier molecular flexibility index (Phi) is 4.34. The smallest absolute Gasteiger partial charge is 0.182 e. The van der Waals surface area contributed by atoms with Gasteiger partial charge in [-0.3, -0.25) is 0 Å². The minimum Gasteiger partial charge on any atom is -0.361 e. The summed E-state index contributed by atoms with van der Waals surface area (Å²) in [5, 5.41) is 6.34. The van der Waals surface area contributed by atoms with E-state index in [1.54, 1.807) is 11.3 Å². The number of aryl methyl sites for hydroxylation is 1. The van der Waals surface area contributed by atoms with Crippen molar-refractivity contribution in [1.29, 1.82) is 0 Å². The average Bonchev–Trinajstić information content (AvgIpc) is 2.60. The highest BCUT2D eigenvalue weighted by atomic mass is 32.1. The first kappa shape index (κ1) is 10.1. The number of rotatable bonds is 4. The largest absolute Gasteiger partial charge is 0.361 e. The first-order valence-corrected chi connectivity index (χ1v) is 5.32. The third-order valence-electron chi connectivity index (χ3n) is 1.62. The van der Waals surface area contributed by atoms with E-state index in [0.717, 1.165) is 30.2 Å². The van der Waals surface area contributed by atoms with Crippen molar-refractivity contribution >= 4 is 16.5 Å². The predicted molar refractivity (Wildman–Crippen MR) is 58.0 cm³/mol. The second kappa shape index (κ2) is 5.60. The maximum Gasteiger partial charge on any atom is 0.182 e. The molecule has 0 saturated carbocycles. The molecule has 0 fully saturated rings. The lowest BCUT2D eigenvalue weighted by molar-refractivity contribution is 1.04. The van der Waals surface area contributed by atoms with Crippen LogP contribution >= 0.6 is 11.3 Å². The van der Waals surface area contributed by atoms with Crippen molar-refractivity contribution in [2.45, 2.75) is 26.7 Å². The molecule has 0 saturated heterocycles. The Bertz CT molecular complexity index is 306. The molecule has 70 valence electrons. The van der Waals surface area contributed by atoms with Crippen LogP contribution in [-0.4, -0.2) is 11.5 Å². The summed E-state index contributed by atoms with van der Waals surface area (Å²) in [5.74, 6) is 5.87. The maximum absolute atomic E-state index is 4.39. The van der Waals surface area contributed by atoms with E-state index >= 15 is 0 Å². The highest BCUT2D eigenvalue weighted by molar-refractivity contribution is 7.13. The van der Waals surface area contributed by atoms with E-state index < -0.39 is 0 Å². The van der Waals surface area contributed by atoms with Gasteiger partial charge in [-0.1, -0.05) is 6.92 Å². The Labute approximate surface area is 83.4 Å². The van der Waals surface area contributed by atoms with E-state index in [-0.39, 0.29) is 0 Å². The number of aromatic nitrogens is 1. The molecule has 0 spiro atoms. The summed E-state index contributed by atoms with van der Waals surface area (Å²) in [6.45, 7) is 4.86. The molecule has 0 aliphatic rings. The summed E-state index contributed by atoms with van der Waals surface area (Å²) in [5.41, 5.74) is 1.16. The van der Waals surface area contributed by atoms with Gasteiger partial charge >= 0.3 is 0 Å². The van der Waals surface area contributed by atoms with E-state index in [4.69, 9.17) is 0 Å². The van der Waals surface area contributed by atoms with Crippen molar-refractivity contribution in [2.75, 3.05) is 11.9 Å². The minimum atomic E-state index is 0.886. The third kappa shape index (κ3) is 3.47. The monoisotopic (exact) mass is 194 g/mol. The SMILES string of the molecule is CC#CCCNc1nc(CC)cs1. The Balaban J connectivity index is 2.31. The quantitative estimate of drug-likeness (QED) is 0.588. The highest BCUT2D eigenvalue weighted by Gasteiger charge is 1.97. The number of hydrogen-bond donors (Lipinski definition) is 1. The predicted octanol–water partition coefficient (Wildman–Crippen LogP) is 2.53. The van der Waals surface area contributed by atoms with Crippen LogP contribution in [0.1, 0.15) is 26.0 Å². The van der Waals surface area contributed by atoms with Gasteiger partial charge < -0.3 is 5.32 Å². The molecule has 1 aromatic rings. The van der Waals surface area contributed by atoms with Gasteiger partial charge in [0.05, 0.1) is 5.69 Å². The van der Waals surface area contributed by atoms with Crippen molar-refractivity contribution in [3.63, 3.8) is 0 Å². The number of nitrogens with zero attached hydrogens (tertiary/aromatic N) is 1. The normalized spacial score (nSPS) is 9.08. The molecule has 1 heterocycles. The van der Waals surface area contributed by atoms with Crippen molar-refractivity contribution in [1.82, 2.24) is 4.98 Å². The first-order valence-electron chi connectivity index (χ1n) is 4.44. The second-order valence-corrected chi connectivity index (χ2v) is 3.46. The Morgan fingerprint density at radius 2 is 2.46 bits per heavy atom. The van der Waals surface area contributed by atoms with Crippen LogP contribution in [0.2, 0.25) is 0 Å². The summed E-state index contributed by atoms with van der Waals surface area (Å²) in [6.07, 6.45) is 1.89. The standard InChI is InChI=1S/C10H14N2S/c1-3-5-6-7-11-10-12-9(4-2)8-13-10/h8H,4,6-7H2,1-2H3,(H,11,12). The zero-order valence-electron chi connectivity index (χ0n) is 8.05. The van der Waals surface area contributed by atoms with Gasteiger partial charge in [-0.2, -0.15) is 0 Å². The van der Waals surface area contributed by atoms with Crippen LogP contribution in [-0.2, 0) is 6.42 Å². The molecule has 0 radical (unpaired) electrons. The molecule has 0 aromatic carbocycles. The average molecular weight is 194 g/mol. The van der Waals surface area contributed by atoms with Crippen LogP contribution in [0.4, 0.5) is 5.13 Å². The fraction of sp³-hybridized carbons (Fsp3) is 0.500. The molecule has 0 unspecified atom stereocenters. The van der Waals surface area contributed by atoms with E-state index in [2.05, 4.69) is 34.4 Å². The lowest BCUT2D eigenvalue weighted by Gasteiger charge is -1.96. The highest BCUT2D eigenvalue weighted by Crippen LogP contribution is 2.15. The summed E-state index contributed by atoms with van der Waals surface area (Å²) >= 11 is 1.66. The molecule has 0 aliphatic heterocycles. The van der Waals surface area contributed by atoms with Gasteiger partial charge in [0.25, 0.3) is 0 Å². The van der Waals surface area contributed by atoms with Gasteiger partial charge in [-0.25, -0.2) is 4.98 Å². The number of nitrogens with one attached hydrogen (secondary N) is 1. The Hall–Kier alpha value is -1.01. The summed E-state index contributed by atoms with van der Waals surface area (Å²) in [6, 6.07) is 0. The van der Waals surface area contributed by atoms with Crippen molar-refractivity contribution in [3.05, 3.63) is 11.1 Å². The lowest BCUT2D eigenvalue weighted by atomic mass is 10.4. The molecule has 1 N–H and O–H groups in total. The molecular formula is C10H14N2S. The molecule has 0 aliphatic carbocycles. The molecule has 0 amide bonds. The number of anilines is 1. The fourth-order valence-electron chi connectivity index (χ4n) is 0.907. The second-order valence-electron chi connectivity index (χ2n) is 2.60.